The van der Waals surface area contributed by atoms with E-state index in [1.807, 2.05) is 0 Å². The van der Waals surface area contributed by atoms with Crippen molar-refractivity contribution in [2.45, 2.75) is 12.8 Å². The molecule has 150 valence electrons. The summed E-state index contributed by atoms with van der Waals surface area (Å²) in [6.45, 7) is 0.992. The first-order valence-corrected chi connectivity index (χ1v) is 8.76. The summed E-state index contributed by atoms with van der Waals surface area (Å²) in [5, 5.41) is 23.7. The molecule has 1 aliphatic heterocycles. The van der Waals surface area contributed by atoms with Gasteiger partial charge in [-0.05, 0) is 12.5 Å². The molecule has 0 bridgehead atoms. The highest BCUT2D eigenvalue weighted by atomic mass is 35.5. The lowest BCUT2D eigenvalue weighted by Crippen LogP contribution is -2.34. The maximum absolute atomic E-state index is 12.7. The van der Waals surface area contributed by atoms with E-state index in [4.69, 9.17) is 21.1 Å². The van der Waals surface area contributed by atoms with Gasteiger partial charge < -0.3 is 19.9 Å². The number of alkyl halides is 1. The van der Waals surface area contributed by atoms with Gasteiger partial charge in [0.2, 0.25) is 0 Å². The number of dihydropyridines is 1. The Bertz CT molecular complexity index is 863. The maximum atomic E-state index is 12.7. The summed E-state index contributed by atoms with van der Waals surface area (Å²) in [6, 6.07) is 5.54. The Balaban J connectivity index is 2.70. The summed E-state index contributed by atoms with van der Waals surface area (Å²) in [5.74, 6) is -2.48. The number of halogens is 1. The number of non-ortho nitro benzene ring substituents is 1. The van der Waals surface area contributed by atoms with E-state index in [0.717, 1.165) is 7.11 Å². The Morgan fingerprint density at radius 1 is 1.32 bits per heavy atom. The molecule has 0 radical (unpaired) electrons. The number of carbonyl (C=O) groups is 2. The summed E-state index contributed by atoms with van der Waals surface area (Å²) in [5.41, 5.74) is 0.607. The molecule has 0 spiro atoms. The van der Waals surface area contributed by atoms with Crippen LogP contribution in [-0.2, 0) is 19.1 Å². The van der Waals surface area contributed by atoms with Crippen LogP contribution >= 0.6 is 11.6 Å². The number of hydrogen-bond donors (Lipinski definition) is 2. The number of nitrogens with zero attached hydrogens (tertiary/aromatic N) is 1. The van der Waals surface area contributed by atoms with E-state index in [2.05, 4.69) is 5.32 Å². The minimum absolute atomic E-state index is 0.0334. The van der Waals surface area contributed by atoms with Gasteiger partial charge in [-0.2, -0.15) is 0 Å². The second-order valence-corrected chi connectivity index (χ2v) is 6.19. The molecule has 0 aliphatic carbocycles. The molecular formula is C18H19ClN2O7. The third-order valence-corrected chi connectivity index (χ3v) is 4.31. The van der Waals surface area contributed by atoms with Crippen LogP contribution in [-0.4, -0.2) is 48.2 Å². The quantitative estimate of drug-likeness (QED) is 0.301. The van der Waals surface area contributed by atoms with Crippen LogP contribution < -0.4 is 5.32 Å². The van der Waals surface area contributed by atoms with Gasteiger partial charge in [-0.3, -0.25) is 10.1 Å². The molecule has 0 fully saturated rings. The first-order chi connectivity index (χ1) is 13.3. The number of nitrogens with one attached hydrogen (secondary N) is 1. The highest BCUT2D eigenvalue weighted by molar-refractivity contribution is 6.18. The van der Waals surface area contributed by atoms with Crippen molar-refractivity contribution in [3.63, 3.8) is 0 Å². The van der Waals surface area contributed by atoms with Crippen molar-refractivity contribution < 1.29 is 29.1 Å². The lowest BCUT2D eigenvalue weighted by molar-refractivity contribution is -0.384. The Hall–Kier alpha value is -2.91. The molecule has 0 amide bonds. The van der Waals surface area contributed by atoms with Gasteiger partial charge in [0.1, 0.15) is 6.61 Å². The smallest absolute Gasteiger partial charge is 0.336 e. The molecule has 2 rings (SSSR count). The van der Waals surface area contributed by atoms with E-state index >= 15 is 0 Å². The minimum Gasteiger partial charge on any atom is -0.466 e. The standard InChI is InChI=1S/C18H19ClN2O7/c1-10-14(18(24)28-7-6-19)15(11-4-3-5-12(8-11)21(25)26)16(17(23)27-2)13(9-22)20-10/h3-5,8,15,20,22H,6-7,9H2,1-2H3. The number of aliphatic hydroxyl groups excluding tert-OH is 1. The summed E-state index contributed by atoms with van der Waals surface area (Å²) in [4.78, 5) is 35.7. The van der Waals surface area contributed by atoms with Gasteiger partial charge in [-0.1, -0.05) is 12.1 Å². The summed E-state index contributed by atoms with van der Waals surface area (Å²) in [7, 11) is 1.16. The first-order valence-electron chi connectivity index (χ1n) is 8.23. The number of benzene rings is 1. The Morgan fingerprint density at radius 2 is 2.04 bits per heavy atom. The topological polar surface area (TPSA) is 128 Å². The molecule has 1 aromatic carbocycles. The zero-order valence-electron chi connectivity index (χ0n) is 15.2. The average Bonchev–Trinajstić information content (AvgIpc) is 2.70. The van der Waals surface area contributed by atoms with Crippen LogP contribution in [0.15, 0.2) is 46.8 Å². The Labute approximate surface area is 165 Å². The molecule has 0 aromatic heterocycles. The molecule has 1 unspecified atom stereocenters. The second-order valence-electron chi connectivity index (χ2n) is 5.82. The number of aliphatic hydroxyl groups is 1. The zero-order valence-corrected chi connectivity index (χ0v) is 16.0. The summed E-state index contributed by atoms with van der Waals surface area (Å²) >= 11 is 5.58. The molecule has 2 N–H and O–H groups in total. The lowest BCUT2D eigenvalue weighted by Gasteiger charge is -2.30. The number of nitro groups is 1. The van der Waals surface area contributed by atoms with Gasteiger partial charge in [-0.15, -0.1) is 11.6 Å². The Morgan fingerprint density at radius 3 is 2.61 bits per heavy atom. The van der Waals surface area contributed by atoms with Crippen molar-refractivity contribution in [1.29, 1.82) is 0 Å². The third-order valence-electron chi connectivity index (χ3n) is 4.15. The number of ether oxygens (including phenoxy) is 2. The molecule has 1 heterocycles. The molecule has 0 saturated heterocycles. The third kappa shape index (κ3) is 4.32. The number of hydrogen-bond acceptors (Lipinski definition) is 8. The van der Waals surface area contributed by atoms with Crippen LogP contribution in [0.1, 0.15) is 18.4 Å². The SMILES string of the molecule is COC(=O)C1=C(CO)NC(C)=C(C(=O)OCCCl)C1c1cccc([N+](=O)[O-])c1. The van der Waals surface area contributed by atoms with Gasteiger partial charge in [-0.25, -0.2) is 9.59 Å². The van der Waals surface area contributed by atoms with Crippen LogP contribution in [0.4, 0.5) is 5.69 Å². The average molecular weight is 411 g/mol. The predicted molar refractivity (Wildman–Crippen MR) is 99.5 cm³/mol. The van der Waals surface area contributed by atoms with Crippen molar-refractivity contribution in [3.8, 4) is 0 Å². The van der Waals surface area contributed by atoms with Crippen LogP contribution in [0.5, 0.6) is 0 Å². The van der Waals surface area contributed by atoms with Crippen molar-refractivity contribution in [2.75, 3.05) is 26.2 Å². The van der Waals surface area contributed by atoms with Crippen molar-refractivity contribution in [3.05, 3.63) is 62.5 Å². The fourth-order valence-electron chi connectivity index (χ4n) is 3.00. The zero-order chi connectivity index (χ0) is 20.8. The number of rotatable bonds is 7. The van der Waals surface area contributed by atoms with Crippen LogP contribution in [0.2, 0.25) is 0 Å². The molecule has 1 atom stereocenters. The van der Waals surface area contributed by atoms with Gasteiger partial charge >= 0.3 is 11.9 Å². The maximum Gasteiger partial charge on any atom is 0.336 e. The highest BCUT2D eigenvalue weighted by Crippen LogP contribution is 2.40. The van der Waals surface area contributed by atoms with E-state index in [9.17, 15) is 24.8 Å². The molecule has 1 aromatic rings. The van der Waals surface area contributed by atoms with Gasteiger partial charge in [0, 0.05) is 17.8 Å². The monoisotopic (exact) mass is 410 g/mol. The molecule has 9 nitrogen and oxygen atoms in total. The summed E-state index contributed by atoms with van der Waals surface area (Å²) in [6.07, 6.45) is 0. The second kappa shape index (κ2) is 9.34. The first kappa shape index (κ1) is 21.4. The van der Waals surface area contributed by atoms with Crippen LogP contribution in [0, 0.1) is 10.1 Å². The van der Waals surface area contributed by atoms with Gasteiger partial charge in [0.05, 0.1) is 47.3 Å². The van der Waals surface area contributed by atoms with E-state index in [1.54, 1.807) is 13.0 Å². The van der Waals surface area contributed by atoms with E-state index in [-0.39, 0.29) is 35.0 Å². The van der Waals surface area contributed by atoms with Crippen LogP contribution in [0.25, 0.3) is 0 Å². The van der Waals surface area contributed by atoms with Crippen LogP contribution in [0.3, 0.4) is 0 Å². The number of allylic oxidation sites excluding steroid dienone is 1. The molecular weight excluding hydrogens is 392 g/mol. The molecule has 28 heavy (non-hydrogen) atoms. The minimum atomic E-state index is -1.03. The highest BCUT2D eigenvalue weighted by Gasteiger charge is 2.39. The van der Waals surface area contributed by atoms with E-state index < -0.39 is 29.4 Å². The van der Waals surface area contributed by atoms with Crippen molar-refractivity contribution in [2.24, 2.45) is 0 Å². The van der Waals surface area contributed by atoms with E-state index in [1.165, 1.54) is 18.2 Å². The molecule has 10 heteroatoms. The van der Waals surface area contributed by atoms with Crippen molar-refractivity contribution in [1.82, 2.24) is 5.32 Å². The number of methoxy groups -OCH3 is 1. The number of nitro benzene ring substituents is 1. The van der Waals surface area contributed by atoms with E-state index in [0.29, 0.717) is 11.3 Å². The molecule has 0 saturated carbocycles. The summed E-state index contributed by atoms with van der Waals surface area (Å²) < 4.78 is 9.94. The fraction of sp³-hybridized carbons (Fsp3) is 0.333. The predicted octanol–water partition coefficient (Wildman–Crippen LogP) is 1.76. The number of carbonyl (C=O) groups excluding carboxylic acids is 2. The van der Waals surface area contributed by atoms with Gasteiger partial charge in [0.25, 0.3) is 5.69 Å². The lowest BCUT2D eigenvalue weighted by atomic mass is 9.80. The van der Waals surface area contributed by atoms with Gasteiger partial charge in [0.15, 0.2) is 0 Å². The largest absolute Gasteiger partial charge is 0.466 e. The molecule has 1 aliphatic rings. The fourth-order valence-corrected chi connectivity index (χ4v) is 3.08. The Kier molecular flexibility index (Phi) is 7.13. The van der Waals surface area contributed by atoms with Crippen molar-refractivity contribution >= 4 is 29.2 Å². The normalized spacial score (nSPS) is 16.5. The number of esters is 2.